The normalized spacial score (nSPS) is 11.5. The highest BCUT2D eigenvalue weighted by Gasteiger charge is 2.26. The van der Waals surface area contributed by atoms with E-state index < -0.39 is 17.9 Å². The van der Waals surface area contributed by atoms with E-state index in [9.17, 15) is 19.5 Å². The number of hydrogen-bond donors (Lipinski definition) is 2. The van der Waals surface area contributed by atoms with Gasteiger partial charge in [-0.1, -0.05) is 32.6 Å². The second kappa shape index (κ2) is 18.2. The molecule has 0 heterocycles. The quantitative estimate of drug-likeness (QED) is 0.201. The summed E-state index contributed by atoms with van der Waals surface area (Å²) in [5, 5.41) is 28.6. The van der Waals surface area contributed by atoms with Crippen LogP contribution in [0.3, 0.4) is 0 Å². The summed E-state index contributed by atoms with van der Waals surface area (Å²) >= 11 is 0. The van der Waals surface area contributed by atoms with Gasteiger partial charge in [0.15, 0.2) is 0 Å². The zero-order valence-corrected chi connectivity index (χ0v) is 18.9. The SMILES string of the molecule is CCCCCCCC[N+](CCCCC(=O)[O-])(CCCCC(=O)O)CCCCC(=O)O. The molecular weight excluding hydrogens is 386 g/mol. The molecule has 0 radical (unpaired) electrons. The third kappa shape index (κ3) is 17.2. The average molecular weight is 430 g/mol. The van der Waals surface area contributed by atoms with E-state index >= 15 is 0 Å². The smallest absolute Gasteiger partial charge is 0.303 e. The number of aliphatic carboxylic acids is 3. The largest absolute Gasteiger partial charge is 0.550 e. The van der Waals surface area contributed by atoms with Gasteiger partial charge >= 0.3 is 11.9 Å². The number of carboxylic acids is 3. The van der Waals surface area contributed by atoms with Crippen LogP contribution in [-0.2, 0) is 14.4 Å². The van der Waals surface area contributed by atoms with Crippen LogP contribution in [0, 0.1) is 0 Å². The van der Waals surface area contributed by atoms with Crippen molar-refractivity contribution in [2.45, 2.75) is 103 Å². The molecule has 0 aliphatic carbocycles. The summed E-state index contributed by atoms with van der Waals surface area (Å²) in [6.07, 6.45) is 11.9. The van der Waals surface area contributed by atoms with Crippen molar-refractivity contribution in [3.63, 3.8) is 0 Å². The maximum atomic E-state index is 10.8. The van der Waals surface area contributed by atoms with Crippen LogP contribution in [0.2, 0.25) is 0 Å². The van der Waals surface area contributed by atoms with E-state index in [1.165, 1.54) is 32.1 Å². The molecule has 0 aromatic heterocycles. The van der Waals surface area contributed by atoms with Crippen molar-refractivity contribution in [1.29, 1.82) is 0 Å². The molecular formula is C23H43NO6. The molecule has 7 nitrogen and oxygen atoms in total. The molecule has 176 valence electrons. The fraction of sp³-hybridized carbons (Fsp3) is 0.870. The molecule has 0 atom stereocenters. The summed E-state index contributed by atoms with van der Waals surface area (Å²) in [5.41, 5.74) is 0. The highest BCUT2D eigenvalue weighted by atomic mass is 16.4. The molecule has 30 heavy (non-hydrogen) atoms. The topological polar surface area (TPSA) is 115 Å². The number of hydrogen-bond acceptors (Lipinski definition) is 4. The minimum atomic E-state index is -1.02. The predicted molar refractivity (Wildman–Crippen MR) is 115 cm³/mol. The summed E-state index contributed by atoms with van der Waals surface area (Å²) in [5.74, 6) is -2.58. The second-order valence-electron chi connectivity index (χ2n) is 8.53. The lowest BCUT2D eigenvalue weighted by molar-refractivity contribution is -0.929. The van der Waals surface area contributed by atoms with E-state index in [-0.39, 0.29) is 19.3 Å². The molecule has 2 N–H and O–H groups in total. The number of carbonyl (C=O) groups excluding carboxylic acids is 1. The Morgan fingerprint density at radius 3 is 1.37 bits per heavy atom. The van der Waals surface area contributed by atoms with Crippen molar-refractivity contribution in [2.75, 3.05) is 26.2 Å². The summed E-state index contributed by atoms with van der Waals surface area (Å²) in [7, 11) is 0. The molecule has 0 aromatic rings. The lowest BCUT2D eigenvalue weighted by Gasteiger charge is -2.39. The van der Waals surface area contributed by atoms with Gasteiger partial charge in [-0.25, -0.2) is 0 Å². The third-order valence-corrected chi connectivity index (χ3v) is 5.80. The van der Waals surface area contributed by atoms with E-state index in [1.807, 2.05) is 0 Å². The minimum Gasteiger partial charge on any atom is -0.550 e. The molecule has 0 saturated carbocycles. The average Bonchev–Trinajstić information content (AvgIpc) is 2.68. The van der Waals surface area contributed by atoms with Gasteiger partial charge in [0, 0.05) is 18.8 Å². The fourth-order valence-corrected chi connectivity index (χ4v) is 4.06. The van der Waals surface area contributed by atoms with Gasteiger partial charge in [-0.05, 0) is 57.8 Å². The molecule has 0 bridgehead atoms. The molecule has 0 rings (SSSR count). The molecule has 0 aliphatic rings. The van der Waals surface area contributed by atoms with Gasteiger partial charge in [-0.2, -0.15) is 0 Å². The highest BCUT2D eigenvalue weighted by molar-refractivity contribution is 5.66. The van der Waals surface area contributed by atoms with Crippen molar-refractivity contribution in [2.24, 2.45) is 0 Å². The Kier molecular flexibility index (Phi) is 17.2. The molecule has 0 fully saturated rings. The van der Waals surface area contributed by atoms with Gasteiger partial charge in [0.2, 0.25) is 0 Å². The summed E-state index contributed by atoms with van der Waals surface area (Å²) in [4.78, 5) is 32.4. The number of nitrogens with zero attached hydrogens (tertiary/aromatic N) is 1. The van der Waals surface area contributed by atoms with Crippen LogP contribution in [-0.4, -0.2) is 58.8 Å². The maximum absolute atomic E-state index is 10.8. The highest BCUT2D eigenvalue weighted by Crippen LogP contribution is 2.19. The van der Waals surface area contributed by atoms with Gasteiger partial charge in [0.25, 0.3) is 0 Å². The Labute approximate surface area is 182 Å². The van der Waals surface area contributed by atoms with Crippen molar-refractivity contribution in [1.82, 2.24) is 0 Å². The van der Waals surface area contributed by atoms with Gasteiger partial charge < -0.3 is 24.6 Å². The molecule has 0 spiro atoms. The molecule has 0 saturated heterocycles. The van der Waals surface area contributed by atoms with E-state index in [2.05, 4.69) is 6.92 Å². The number of carboxylic acid groups (broad SMARTS) is 3. The first-order valence-electron chi connectivity index (χ1n) is 11.8. The molecule has 7 heteroatoms. The number of quaternary nitrogens is 1. The zero-order chi connectivity index (χ0) is 22.7. The lowest BCUT2D eigenvalue weighted by atomic mass is 10.1. The van der Waals surface area contributed by atoms with Crippen LogP contribution in [0.1, 0.15) is 103 Å². The number of carbonyl (C=O) groups is 3. The van der Waals surface area contributed by atoms with E-state index in [0.717, 1.165) is 56.3 Å². The zero-order valence-electron chi connectivity index (χ0n) is 18.9. The van der Waals surface area contributed by atoms with Gasteiger partial charge in [0.05, 0.1) is 26.2 Å². The summed E-state index contributed by atoms with van der Waals surface area (Å²) in [6.45, 7) is 5.81. The number of rotatable bonds is 22. The Morgan fingerprint density at radius 1 is 0.600 bits per heavy atom. The van der Waals surface area contributed by atoms with Crippen LogP contribution in [0.15, 0.2) is 0 Å². The van der Waals surface area contributed by atoms with Crippen LogP contribution < -0.4 is 5.11 Å². The Hall–Kier alpha value is -1.63. The van der Waals surface area contributed by atoms with Gasteiger partial charge in [-0.15, -0.1) is 0 Å². The number of unbranched alkanes of at least 4 members (excludes halogenated alkanes) is 8. The molecule has 0 aromatic carbocycles. The van der Waals surface area contributed by atoms with Crippen molar-refractivity contribution in [3.8, 4) is 0 Å². The van der Waals surface area contributed by atoms with Crippen molar-refractivity contribution >= 4 is 17.9 Å². The molecule has 0 aliphatic heterocycles. The molecule has 0 amide bonds. The first-order chi connectivity index (χ1) is 14.3. The third-order valence-electron chi connectivity index (χ3n) is 5.80. The van der Waals surface area contributed by atoms with Gasteiger partial charge in [-0.3, -0.25) is 9.59 Å². The monoisotopic (exact) mass is 429 g/mol. The Morgan fingerprint density at radius 2 is 0.967 bits per heavy atom. The standard InChI is InChI=1S/C23H43NO6/c1-2-3-4-5-6-10-17-24(18-11-7-14-21(25)26,19-12-8-15-22(27)28)20-13-9-16-23(29)30/h2-20H2,1H3,(H2-,25,26,27,28,29,30). The lowest BCUT2D eigenvalue weighted by Crippen LogP contribution is -2.51. The van der Waals surface area contributed by atoms with E-state index in [0.29, 0.717) is 19.3 Å². The van der Waals surface area contributed by atoms with Crippen LogP contribution in [0.25, 0.3) is 0 Å². The van der Waals surface area contributed by atoms with E-state index in [4.69, 9.17) is 10.2 Å². The molecule has 0 unspecified atom stereocenters. The summed E-state index contributed by atoms with van der Waals surface area (Å²) in [6, 6.07) is 0. The predicted octanol–water partition coefficient (Wildman–Crippen LogP) is 3.59. The van der Waals surface area contributed by atoms with Crippen LogP contribution >= 0.6 is 0 Å². The first-order valence-corrected chi connectivity index (χ1v) is 11.8. The van der Waals surface area contributed by atoms with Crippen LogP contribution in [0.4, 0.5) is 0 Å². The Balaban J connectivity index is 4.87. The maximum Gasteiger partial charge on any atom is 0.303 e. The van der Waals surface area contributed by atoms with Crippen molar-refractivity contribution < 1.29 is 34.2 Å². The first kappa shape index (κ1) is 28.4. The van der Waals surface area contributed by atoms with Crippen molar-refractivity contribution in [3.05, 3.63) is 0 Å². The summed E-state index contributed by atoms with van der Waals surface area (Å²) < 4.78 is 0.847. The minimum absolute atomic E-state index is 0.0645. The fourth-order valence-electron chi connectivity index (χ4n) is 4.06. The second-order valence-corrected chi connectivity index (χ2v) is 8.53. The van der Waals surface area contributed by atoms with Gasteiger partial charge in [0.1, 0.15) is 0 Å². The van der Waals surface area contributed by atoms with Crippen LogP contribution in [0.5, 0.6) is 0 Å². The van der Waals surface area contributed by atoms with E-state index in [1.54, 1.807) is 0 Å². The Bertz CT molecular complexity index is 425.